The Bertz CT molecular complexity index is 874. The number of nitrogens with two attached hydrogens (primary N) is 1. The molecule has 2 aromatic carbocycles. The first-order chi connectivity index (χ1) is 9.54. The van der Waals surface area contributed by atoms with Crippen molar-refractivity contribution in [2.45, 2.75) is 6.92 Å². The largest absolute Gasteiger partial charge is 0.417 e. The summed E-state index contributed by atoms with van der Waals surface area (Å²) in [6.07, 6.45) is 0. The molecule has 20 heavy (non-hydrogen) atoms. The molecule has 0 aliphatic carbocycles. The zero-order valence-electron chi connectivity index (χ0n) is 10.8. The number of hydrogen-bond donors (Lipinski definition) is 2. The van der Waals surface area contributed by atoms with Gasteiger partial charge < -0.3 is 10.2 Å². The van der Waals surface area contributed by atoms with Crippen LogP contribution >= 0.6 is 0 Å². The molecule has 5 heteroatoms. The van der Waals surface area contributed by atoms with E-state index in [9.17, 15) is 9.59 Å². The van der Waals surface area contributed by atoms with Crippen LogP contribution in [-0.4, -0.2) is 10.8 Å². The summed E-state index contributed by atoms with van der Waals surface area (Å²) in [6, 6.07) is 10.00. The number of oxazole rings is 1. The number of carbonyl (C=O) groups excluding carboxylic acids is 1. The van der Waals surface area contributed by atoms with Crippen LogP contribution in [0.1, 0.15) is 21.5 Å². The van der Waals surface area contributed by atoms with Crippen LogP contribution in [0.2, 0.25) is 0 Å². The van der Waals surface area contributed by atoms with Gasteiger partial charge in [0.05, 0.1) is 5.52 Å². The number of aryl methyl sites for hydroxylation is 1. The van der Waals surface area contributed by atoms with Crippen LogP contribution in [0.5, 0.6) is 0 Å². The molecule has 0 saturated heterocycles. The minimum atomic E-state index is -0.534. The Morgan fingerprint density at radius 2 is 1.85 bits per heavy atom. The van der Waals surface area contributed by atoms with Crippen molar-refractivity contribution in [1.29, 1.82) is 0 Å². The van der Waals surface area contributed by atoms with Crippen molar-refractivity contribution in [1.82, 2.24) is 4.98 Å². The van der Waals surface area contributed by atoms with E-state index >= 15 is 0 Å². The van der Waals surface area contributed by atoms with Gasteiger partial charge >= 0.3 is 5.76 Å². The van der Waals surface area contributed by atoms with E-state index in [1.54, 1.807) is 36.4 Å². The topological polar surface area (TPSA) is 89.1 Å². The van der Waals surface area contributed by atoms with E-state index in [1.807, 2.05) is 6.92 Å². The fourth-order valence-corrected chi connectivity index (χ4v) is 2.07. The molecule has 3 rings (SSSR count). The van der Waals surface area contributed by atoms with Gasteiger partial charge in [-0.15, -0.1) is 0 Å². The molecule has 0 atom stereocenters. The lowest BCUT2D eigenvalue weighted by molar-refractivity contribution is 0.103. The molecule has 0 amide bonds. The second kappa shape index (κ2) is 4.38. The Kier molecular flexibility index (Phi) is 2.68. The Morgan fingerprint density at radius 1 is 1.15 bits per heavy atom. The second-order valence-corrected chi connectivity index (χ2v) is 4.63. The second-order valence-electron chi connectivity index (χ2n) is 4.63. The number of aromatic nitrogens is 1. The summed E-state index contributed by atoms with van der Waals surface area (Å²) < 4.78 is 4.95. The molecule has 0 spiro atoms. The van der Waals surface area contributed by atoms with E-state index in [0.717, 1.165) is 5.56 Å². The van der Waals surface area contributed by atoms with Gasteiger partial charge in [-0.1, -0.05) is 0 Å². The van der Waals surface area contributed by atoms with Gasteiger partial charge in [0.2, 0.25) is 0 Å². The molecule has 0 aliphatic rings. The Morgan fingerprint density at radius 3 is 2.60 bits per heavy atom. The van der Waals surface area contributed by atoms with Crippen LogP contribution in [0.15, 0.2) is 45.6 Å². The number of carbonyl (C=O) groups is 1. The molecule has 0 saturated carbocycles. The number of H-pyrrole nitrogens is 1. The number of anilines is 1. The number of hydrogen-bond acceptors (Lipinski definition) is 4. The van der Waals surface area contributed by atoms with Crippen molar-refractivity contribution in [2.24, 2.45) is 0 Å². The molecule has 0 bridgehead atoms. The van der Waals surface area contributed by atoms with Crippen molar-refractivity contribution < 1.29 is 9.21 Å². The van der Waals surface area contributed by atoms with Gasteiger partial charge in [0.25, 0.3) is 0 Å². The fourth-order valence-electron chi connectivity index (χ4n) is 2.07. The monoisotopic (exact) mass is 268 g/mol. The predicted molar refractivity (Wildman–Crippen MR) is 75.9 cm³/mol. The minimum Gasteiger partial charge on any atom is -0.408 e. The molecule has 1 aromatic heterocycles. The molecular weight excluding hydrogens is 256 g/mol. The molecule has 5 nitrogen and oxygen atoms in total. The molecule has 0 radical (unpaired) electrons. The van der Waals surface area contributed by atoms with E-state index in [1.165, 1.54) is 0 Å². The average Bonchev–Trinajstić information content (AvgIpc) is 2.80. The number of ketones is 1. The molecule has 3 N–H and O–H groups in total. The fraction of sp³-hybridized carbons (Fsp3) is 0.0667. The third-order valence-electron chi connectivity index (χ3n) is 3.22. The van der Waals surface area contributed by atoms with Gasteiger partial charge in [0.1, 0.15) is 0 Å². The van der Waals surface area contributed by atoms with Crippen molar-refractivity contribution in [3.05, 3.63) is 63.6 Å². The van der Waals surface area contributed by atoms with Crippen LogP contribution in [-0.2, 0) is 0 Å². The highest BCUT2D eigenvalue weighted by molar-refractivity contribution is 6.10. The zero-order chi connectivity index (χ0) is 14.3. The normalized spacial score (nSPS) is 10.8. The van der Waals surface area contributed by atoms with Crippen molar-refractivity contribution >= 4 is 22.6 Å². The summed E-state index contributed by atoms with van der Waals surface area (Å²) in [4.78, 5) is 26.0. The van der Waals surface area contributed by atoms with Crippen LogP contribution in [0.4, 0.5) is 5.69 Å². The van der Waals surface area contributed by atoms with E-state index < -0.39 is 5.76 Å². The molecule has 3 aromatic rings. The lowest BCUT2D eigenvalue weighted by Crippen LogP contribution is -2.02. The first-order valence-corrected chi connectivity index (χ1v) is 6.08. The van der Waals surface area contributed by atoms with Crippen LogP contribution in [0.25, 0.3) is 11.1 Å². The third kappa shape index (κ3) is 1.99. The van der Waals surface area contributed by atoms with Crippen LogP contribution in [0, 0.1) is 6.92 Å². The number of aromatic amines is 1. The summed E-state index contributed by atoms with van der Waals surface area (Å²) >= 11 is 0. The number of nitrogen functional groups attached to an aromatic ring is 1. The minimum absolute atomic E-state index is 0.140. The molecule has 0 aliphatic heterocycles. The van der Waals surface area contributed by atoms with Gasteiger partial charge in [-0.05, 0) is 48.9 Å². The van der Waals surface area contributed by atoms with E-state index in [-0.39, 0.29) is 5.78 Å². The van der Waals surface area contributed by atoms with Gasteiger partial charge in [-0.3, -0.25) is 9.78 Å². The molecular formula is C15H12N2O3. The van der Waals surface area contributed by atoms with Crippen molar-refractivity contribution in [3.63, 3.8) is 0 Å². The maximum absolute atomic E-state index is 12.4. The highest BCUT2D eigenvalue weighted by Gasteiger charge is 2.12. The number of rotatable bonds is 2. The molecule has 1 heterocycles. The zero-order valence-corrected chi connectivity index (χ0v) is 10.8. The first kappa shape index (κ1) is 12.2. The standard InChI is InChI=1S/C15H12N2O3/c1-8-6-9(2-4-11(8)16)14(18)10-3-5-12-13(7-10)20-15(19)17-12/h2-7H,16H2,1H3,(H,17,19). The smallest absolute Gasteiger partial charge is 0.408 e. The van der Waals surface area contributed by atoms with Crippen LogP contribution < -0.4 is 11.5 Å². The summed E-state index contributed by atoms with van der Waals surface area (Å²) in [7, 11) is 0. The highest BCUT2D eigenvalue weighted by atomic mass is 16.4. The Balaban J connectivity index is 2.07. The van der Waals surface area contributed by atoms with Gasteiger partial charge in [-0.2, -0.15) is 0 Å². The maximum atomic E-state index is 12.4. The van der Waals surface area contributed by atoms with Crippen molar-refractivity contribution in [3.8, 4) is 0 Å². The van der Waals surface area contributed by atoms with Crippen molar-refractivity contribution in [2.75, 3.05) is 5.73 Å². The number of nitrogens with one attached hydrogen (secondary N) is 1. The molecule has 100 valence electrons. The Hall–Kier alpha value is -2.82. The number of benzene rings is 2. The predicted octanol–water partition coefficient (Wildman–Crippen LogP) is 2.24. The quantitative estimate of drug-likeness (QED) is 0.551. The number of fused-ring (bicyclic) bond motifs is 1. The lowest BCUT2D eigenvalue weighted by atomic mass is 10.0. The summed E-state index contributed by atoms with van der Waals surface area (Å²) in [6.45, 7) is 1.85. The van der Waals surface area contributed by atoms with E-state index in [4.69, 9.17) is 10.2 Å². The molecule has 0 fully saturated rings. The lowest BCUT2D eigenvalue weighted by Gasteiger charge is -2.04. The van der Waals surface area contributed by atoms with E-state index in [2.05, 4.69) is 4.98 Å². The summed E-state index contributed by atoms with van der Waals surface area (Å²) in [5, 5.41) is 0. The molecule has 0 unspecified atom stereocenters. The third-order valence-corrected chi connectivity index (χ3v) is 3.22. The Labute approximate surface area is 114 Å². The maximum Gasteiger partial charge on any atom is 0.417 e. The SMILES string of the molecule is Cc1cc(C(=O)c2ccc3[nH]c(=O)oc3c2)ccc1N. The van der Waals surface area contributed by atoms with Gasteiger partial charge in [0.15, 0.2) is 11.4 Å². The summed E-state index contributed by atoms with van der Waals surface area (Å²) in [5.41, 5.74) is 9.19. The highest BCUT2D eigenvalue weighted by Crippen LogP contribution is 2.18. The summed E-state index contributed by atoms with van der Waals surface area (Å²) in [5.74, 6) is -0.674. The van der Waals surface area contributed by atoms with E-state index in [0.29, 0.717) is 27.9 Å². The van der Waals surface area contributed by atoms with Gasteiger partial charge in [0, 0.05) is 16.8 Å². The first-order valence-electron chi connectivity index (χ1n) is 6.08. The van der Waals surface area contributed by atoms with Crippen LogP contribution in [0.3, 0.4) is 0 Å². The van der Waals surface area contributed by atoms with Gasteiger partial charge in [-0.25, -0.2) is 4.79 Å². The average molecular weight is 268 g/mol.